The Morgan fingerprint density at radius 1 is 1.29 bits per heavy atom. The molecular formula is C13H15N3O5. The summed E-state index contributed by atoms with van der Waals surface area (Å²) in [5, 5.41) is 14.0. The average molecular weight is 293 g/mol. The molecule has 0 saturated carbocycles. The Morgan fingerprint density at radius 2 is 2.05 bits per heavy atom. The fourth-order valence-electron chi connectivity index (χ4n) is 2.03. The van der Waals surface area contributed by atoms with Crippen molar-refractivity contribution in [3.05, 3.63) is 29.8 Å². The predicted octanol–water partition coefficient (Wildman–Crippen LogP) is 0.00660. The van der Waals surface area contributed by atoms with Crippen LogP contribution in [0.1, 0.15) is 10.4 Å². The van der Waals surface area contributed by atoms with E-state index in [-0.39, 0.29) is 18.8 Å². The van der Waals surface area contributed by atoms with Crippen molar-refractivity contribution in [3.8, 4) is 0 Å². The molecule has 0 bridgehead atoms. The van der Waals surface area contributed by atoms with Gasteiger partial charge in [0.25, 0.3) is 0 Å². The van der Waals surface area contributed by atoms with Crippen molar-refractivity contribution < 1.29 is 24.2 Å². The summed E-state index contributed by atoms with van der Waals surface area (Å²) in [6.45, 7) is 0.211. The second-order valence-corrected chi connectivity index (χ2v) is 4.63. The van der Waals surface area contributed by atoms with Gasteiger partial charge < -0.3 is 26.2 Å². The molecule has 2 rings (SSSR count). The lowest BCUT2D eigenvalue weighted by molar-refractivity contribution is -0.142. The molecule has 0 radical (unpaired) electrons. The molecule has 112 valence electrons. The smallest absolute Gasteiger partial charge is 0.319 e. The van der Waals surface area contributed by atoms with Gasteiger partial charge in [0.2, 0.25) is 5.91 Å². The molecule has 1 heterocycles. The van der Waals surface area contributed by atoms with E-state index in [1.165, 1.54) is 12.1 Å². The van der Waals surface area contributed by atoms with Crippen molar-refractivity contribution in [1.82, 2.24) is 5.32 Å². The van der Waals surface area contributed by atoms with Gasteiger partial charge in [-0.25, -0.2) is 4.79 Å². The molecule has 8 heteroatoms. The topological polar surface area (TPSA) is 131 Å². The Bertz CT molecular complexity index is 575. The van der Waals surface area contributed by atoms with E-state index in [2.05, 4.69) is 10.6 Å². The van der Waals surface area contributed by atoms with Crippen LogP contribution in [0, 0.1) is 5.92 Å². The normalized spacial score (nSPS) is 20.8. The van der Waals surface area contributed by atoms with Crippen LogP contribution in [0.15, 0.2) is 24.3 Å². The number of nitrogens with two attached hydrogens (primary N) is 1. The largest absolute Gasteiger partial charge is 0.481 e. The highest BCUT2D eigenvalue weighted by Gasteiger charge is 2.35. The lowest BCUT2D eigenvalue weighted by Gasteiger charge is -2.16. The van der Waals surface area contributed by atoms with E-state index in [0.717, 1.165) is 0 Å². The summed E-state index contributed by atoms with van der Waals surface area (Å²) >= 11 is 0. The van der Waals surface area contributed by atoms with E-state index < -0.39 is 29.9 Å². The zero-order valence-corrected chi connectivity index (χ0v) is 11.0. The van der Waals surface area contributed by atoms with Gasteiger partial charge in [-0.1, -0.05) is 6.07 Å². The van der Waals surface area contributed by atoms with E-state index in [4.69, 9.17) is 15.6 Å². The first-order valence-electron chi connectivity index (χ1n) is 6.25. The Morgan fingerprint density at radius 3 is 2.71 bits per heavy atom. The van der Waals surface area contributed by atoms with Crippen LogP contribution < -0.4 is 16.4 Å². The first-order valence-corrected chi connectivity index (χ1v) is 6.25. The SMILES string of the molecule is NC(=O)c1cccc(NC(=O)NC2COCC2C(=O)O)c1. The van der Waals surface area contributed by atoms with Gasteiger partial charge >= 0.3 is 12.0 Å². The summed E-state index contributed by atoms with van der Waals surface area (Å²) in [6.07, 6.45) is 0. The molecule has 0 spiro atoms. The molecule has 0 aliphatic carbocycles. The maximum Gasteiger partial charge on any atom is 0.319 e. The number of carbonyl (C=O) groups is 3. The van der Waals surface area contributed by atoms with Crippen LogP contribution in [0.2, 0.25) is 0 Å². The average Bonchev–Trinajstić information content (AvgIpc) is 2.87. The maximum atomic E-state index is 11.8. The Labute approximate surface area is 120 Å². The third-order valence-corrected chi connectivity index (χ3v) is 3.12. The van der Waals surface area contributed by atoms with Gasteiger partial charge in [0, 0.05) is 11.3 Å². The van der Waals surface area contributed by atoms with Crippen LogP contribution in [0.5, 0.6) is 0 Å². The molecule has 2 atom stereocenters. The fraction of sp³-hybridized carbons (Fsp3) is 0.308. The van der Waals surface area contributed by atoms with Crippen molar-refractivity contribution in [3.63, 3.8) is 0 Å². The molecule has 1 aromatic rings. The van der Waals surface area contributed by atoms with Crippen molar-refractivity contribution in [2.24, 2.45) is 11.7 Å². The van der Waals surface area contributed by atoms with Crippen LogP contribution in [0.4, 0.5) is 10.5 Å². The number of benzene rings is 1. The van der Waals surface area contributed by atoms with Gasteiger partial charge in [-0.15, -0.1) is 0 Å². The number of rotatable bonds is 4. The van der Waals surface area contributed by atoms with Crippen LogP contribution in [0.25, 0.3) is 0 Å². The summed E-state index contributed by atoms with van der Waals surface area (Å²) in [7, 11) is 0. The molecule has 3 amide bonds. The third kappa shape index (κ3) is 3.69. The highest BCUT2D eigenvalue weighted by molar-refractivity contribution is 5.96. The molecular weight excluding hydrogens is 278 g/mol. The number of nitrogens with one attached hydrogen (secondary N) is 2. The monoisotopic (exact) mass is 293 g/mol. The number of hydrogen-bond donors (Lipinski definition) is 4. The number of amides is 3. The lowest BCUT2D eigenvalue weighted by atomic mass is 10.0. The first-order chi connectivity index (χ1) is 9.97. The maximum absolute atomic E-state index is 11.8. The molecule has 1 aromatic carbocycles. The number of carboxylic acids is 1. The van der Waals surface area contributed by atoms with E-state index in [1.54, 1.807) is 12.1 Å². The van der Waals surface area contributed by atoms with Gasteiger partial charge in [0.1, 0.15) is 5.92 Å². The summed E-state index contributed by atoms with van der Waals surface area (Å²) in [6, 6.07) is 4.96. The van der Waals surface area contributed by atoms with Gasteiger partial charge in [0.15, 0.2) is 0 Å². The number of aliphatic carboxylic acids is 1. The number of hydrogen-bond acceptors (Lipinski definition) is 4. The number of carboxylic acid groups (broad SMARTS) is 1. The van der Waals surface area contributed by atoms with E-state index in [0.29, 0.717) is 5.69 Å². The number of primary amides is 1. The Kier molecular flexibility index (Phi) is 4.39. The van der Waals surface area contributed by atoms with Crippen LogP contribution in [-0.4, -0.2) is 42.3 Å². The quantitative estimate of drug-likeness (QED) is 0.621. The fourth-order valence-corrected chi connectivity index (χ4v) is 2.03. The van der Waals surface area contributed by atoms with Crippen LogP contribution in [-0.2, 0) is 9.53 Å². The van der Waals surface area contributed by atoms with Crippen LogP contribution in [0.3, 0.4) is 0 Å². The summed E-state index contributed by atoms with van der Waals surface area (Å²) in [5.41, 5.74) is 5.80. The number of ether oxygens (including phenoxy) is 1. The zero-order valence-electron chi connectivity index (χ0n) is 11.0. The van der Waals surface area contributed by atoms with Crippen LogP contribution >= 0.6 is 0 Å². The van der Waals surface area contributed by atoms with Gasteiger partial charge in [-0.05, 0) is 18.2 Å². The minimum atomic E-state index is -1.02. The number of urea groups is 1. The molecule has 21 heavy (non-hydrogen) atoms. The van der Waals surface area contributed by atoms with Crippen molar-refractivity contribution in [2.45, 2.75) is 6.04 Å². The minimum Gasteiger partial charge on any atom is -0.481 e. The van der Waals surface area contributed by atoms with Gasteiger partial charge in [0.05, 0.1) is 19.3 Å². The molecule has 1 saturated heterocycles. The predicted molar refractivity (Wildman–Crippen MR) is 72.8 cm³/mol. The van der Waals surface area contributed by atoms with Crippen molar-refractivity contribution in [2.75, 3.05) is 18.5 Å². The van der Waals surface area contributed by atoms with E-state index in [9.17, 15) is 14.4 Å². The second kappa shape index (κ2) is 6.23. The molecule has 0 aromatic heterocycles. The van der Waals surface area contributed by atoms with E-state index >= 15 is 0 Å². The van der Waals surface area contributed by atoms with Crippen molar-refractivity contribution >= 4 is 23.6 Å². The Hall–Kier alpha value is -2.61. The zero-order chi connectivity index (χ0) is 15.4. The number of anilines is 1. The lowest BCUT2D eigenvalue weighted by Crippen LogP contribution is -2.44. The number of carbonyl (C=O) groups excluding carboxylic acids is 2. The van der Waals surface area contributed by atoms with E-state index in [1.807, 2.05) is 0 Å². The van der Waals surface area contributed by atoms with Crippen molar-refractivity contribution in [1.29, 1.82) is 0 Å². The standard InChI is InChI=1S/C13H15N3O5/c14-11(17)7-2-1-3-8(4-7)15-13(20)16-10-6-21-5-9(10)12(18)19/h1-4,9-10H,5-6H2,(H2,14,17)(H,18,19)(H2,15,16,20). The molecule has 1 fully saturated rings. The third-order valence-electron chi connectivity index (χ3n) is 3.12. The Balaban J connectivity index is 1.97. The van der Waals surface area contributed by atoms with Gasteiger partial charge in [-0.2, -0.15) is 0 Å². The molecule has 1 aliphatic heterocycles. The highest BCUT2D eigenvalue weighted by Crippen LogP contribution is 2.15. The summed E-state index contributed by atoms with van der Waals surface area (Å²) < 4.78 is 5.05. The first kappa shape index (κ1) is 14.8. The highest BCUT2D eigenvalue weighted by atomic mass is 16.5. The summed E-state index contributed by atoms with van der Waals surface area (Å²) in [5.74, 6) is -2.39. The molecule has 1 aliphatic rings. The molecule has 5 N–H and O–H groups in total. The minimum absolute atomic E-state index is 0.0669. The summed E-state index contributed by atoms with van der Waals surface area (Å²) in [4.78, 5) is 33.8. The molecule has 8 nitrogen and oxygen atoms in total. The molecule has 2 unspecified atom stereocenters. The van der Waals surface area contributed by atoms with Gasteiger partial charge in [-0.3, -0.25) is 9.59 Å². The second-order valence-electron chi connectivity index (χ2n) is 4.63.